The van der Waals surface area contributed by atoms with E-state index in [1.165, 1.54) is 4.90 Å². The minimum Gasteiger partial charge on any atom is -0.395 e. The molecule has 1 aromatic rings. The Morgan fingerprint density at radius 3 is 2.78 bits per heavy atom. The van der Waals surface area contributed by atoms with E-state index in [0.717, 1.165) is 5.56 Å². The quantitative estimate of drug-likeness (QED) is 0.745. The van der Waals surface area contributed by atoms with Gasteiger partial charge < -0.3 is 20.4 Å². The van der Waals surface area contributed by atoms with Crippen molar-refractivity contribution in [1.82, 2.24) is 4.90 Å². The predicted octanol–water partition coefficient (Wildman–Crippen LogP) is 1.59. The van der Waals surface area contributed by atoms with Gasteiger partial charge in [0.05, 0.1) is 12.7 Å². The molecule has 0 radical (unpaired) electrons. The Kier molecular flexibility index (Phi) is 5.61. The lowest BCUT2D eigenvalue weighted by molar-refractivity contribution is 0.191. The lowest BCUT2D eigenvalue weighted by Crippen LogP contribution is -2.36. The van der Waals surface area contributed by atoms with Crippen LogP contribution in [0.4, 0.5) is 10.5 Å². The minimum absolute atomic E-state index is 0.0605. The molecular weight excluding hydrogens is 232 g/mol. The van der Waals surface area contributed by atoms with Gasteiger partial charge in [0.2, 0.25) is 0 Å². The molecule has 0 spiro atoms. The first kappa shape index (κ1) is 14.5. The van der Waals surface area contributed by atoms with E-state index in [1.54, 1.807) is 31.2 Å². The molecule has 1 atom stereocenters. The third kappa shape index (κ3) is 4.01. The maximum absolute atomic E-state index is 11.9. The number of rotatable bonds is 5. The number of aliphatic hydroxyl groups is 2. The van der Waals surface area contributed by atoms with Crippen LogP contribution in [-0.2, 0) is 0 Å². The molecule has 5 nitrogen and oxygen atoms in total. The second-order valence-electron chi connectivity index (χ2n) is 4.03. The lowest BCUT2D eigenvalue weighted by Gasteiger charge is -2.20. The van der Waals surface area contributed by atoms with Crippen LogP contribution in [0.2, 0.25) is 0 Å². The summed E-state index contributed by atoms with van der Waals surface area (Å²) < 4.78 is 0. The van der Waals surface area contributed by atoms with E-state index in [-0.39, 0.29) is 12.6 Å². The van der Waals surface area contributed by atoms with Gasteiger partial charge in [0, 0.05) is 18.8 Å². The lowest BCUT2D eigenvalue weighted by atomic mass is 10.1. The Morgan fingerprint density at radius 1 is 1.50 bits per heavy atom. The molecule has 100 valence electrons. The summed E-state index contributed by atoms with van der Waals surface area (Å²) in [6.45, 7) is 4.29. The molecule has 0 aliphatic carbocycles. The Balaban J connectivity index is 2.71. The Bertz CT molecular complexity index is 394. The van der Waals surface area contributed by atoms with Gasteiger partial charge in [0.1, 0.15) is 0 Å². The molecule has 0 fully saturated rings. The number of aliphatic hydroxyl groups excluding tert-OH is 2. The minimum atomic E-state index is -0.568. The molecule has 1 aromatic carbocycles. The molecule has 5 heteroatoms. The van der Waals surface area contributed by atoms with Gasteiger partial charge in [-0.3, -0.25) is 0 Å². The summed E-state index contributed by atoms with van der Waals surface area (Å²) in [4.78, 5) is 13.4. The Morgan fingerprint density at radius 2 is 2.22 bits per heavy atom. The van der Waals surface area contributed by atoms with E-state index in [1.807, 2.05) is 6.92 Å². The second kappa shape index (κ2) is 6.98. The van der Waals surface area contributed by atoms with E-state index < -0.39 is 6.10 Å². The van der Waals surface area contributed by atoms with Crippen molar-refractivity contribution in [3.05, 3.63) is 29.8 Å². The van der Waals surface area contributed by atoms with Gasteiger partial charge in [-0.25, -0.2) is 4.79 Å². The molecule has 0 aliphatic rings. The van der Waals surface area contributed by atoms with Crippen LogP contribution in [-0.4, -0.2) is 40.8 Å². The van der Waals surface area contributed by atoms with Gasteiger partial charge in [-0.05, 0) is 31.5 Å². The van der Waals surface area contributed by atoms with Gasteiger partial charge in [-0.2, -0.15) is 0 Å². The van der Waals surface area contributed by atoms with E-state index in [4.69, 9.17) is 5.11 Å². The zero-order chi connectivity index (χ0) is 13.5. The number of hydrogen-bond donors (Lipinski definition) is 3. The number of benzene rings is 1. The average Bonchev–Trinajstić information content (AvgIpc) is 2.36. The standard InChI is InChI=1S/C13H20N2O3/c1-3-15(7-8-16)13(18)14-12-6-4-5-11(9-12)10(2)17/h4-6,9-10,16-17H,3,7-8H2,1-2H3,(H,14,18). The maximum Gasteiger partial charge on any atom is 0.321 e. The number of nitrogens with one attached hydrogen (secondary N) is 1. The smallest absolute Gasteiger partial charge is 0.321 e. The van der Waals surface area contributed by atoms with Gasteiger partial charge in [0.25, 0.3) is 0 Å². The molecule has 18 heavy (non-hydrogen) atoms. The molecule has 0 heterocycles. The highest BCUT2D eigenvalue weighted by molar-refractivity contribution is 5.89. The zero-order valence-electron chi connectivity index (χ0n) is 10.8. The highest BCUT2D eigenvalue weighted by Crippen LogP contribution is 2.17. The van der Waals surface area contributed by atoms with Crippen molar-refractivity contribution >= 4 is 11.7 Å². The third-order valence-corrected chi connectivity index (χ3v) is 2.66. The van der Waals surface area contributed by atoms with E-state index in [0.29, 0.717) is 18.8 Å². The molecule has 0 saturated heterocycles. The highest BCUT2D eigenvalue weighted by Gasteiger charge is 2.11. The molecular formula is C13H20N2O3. The monoisotopic (exact) mass is 252 g/mol. The number of likely N-dealkylation sites (N-methyl/N-ethyl adjacent to an activating group) is 1. The van der Waals surface area contributed by atoms with Crippen molar-refractivity contribution in [2.24, 2.45) is 0 Å². The molecule has 0 bridgehead atoms. The normalized spacial score (nSPS) is 12.0. The number of hydrogen-bond acceptors (Lipinski definition) is 3. The number of carbonyl (C=O) groups excluding carboxylic acids is 1. The fraction of sp³-hybridized carbons (Fsp3) is 0.462. The topological polar surface area (TPSA) is 72.8 Å². The van der Waals surface area contributed by atoms with Gasteiger partial charge in [0.15, 0.2) is 0 Å². The van der Waals surface area contributed by atoms with Crippen LogP contribution in [0.25, 0.3) is 0 Å². The van der Waals surface area contributed by atoms with E-state index in [2.05, 4.69) is 5.32 Å². The first-order valence-electron chi connectivity index (χ1n) is 6.03. The summed E-state index contributed by atoms with van der Waals surface area (Å²) >= 11 is 0. The molecule has 2 amide bonds. The largest absolute Gasteiger partial charge is 0.395 e. The average molecular weight is 252 g/mol. The van der Waals surface area contributed by atoms with Crippen molar-refractivity contribution in [1.29, 1.82) is 0 Å². The molecule has 0 aliphatic heterocycles. The maximum atomic E-state index is 11.9. The number of urea groups is 1. The van der Waals surface area contributed by atoms with Crippen LogP contribution in [0.5, 0.6) is 0 Å². The van der Waals surface area contributed by atoms with Crippen molar-refractivity contribution in [2.45, 2.75) is 20.0 Å². The van der Waals surface area contributed by atoms with Crippen LogP contribution in [0.3, 0.4) is 0 Å². The van der Waals surface area contributed by atoms with Crippen molar-refractivity contribution in [2.75, 3.05) is 25.0 Å². The highest BCUT2D eigenvalue weighted by atomic mass is 16.3. The van der Waals surface area contributed by atoms with Crippen molar-refractivity contribution in [3.8, 4) is 0 Å². The number of amides is 2. The summed E-state index contributed by atoms with van der Waals surface area (Å²) in [5, 5.41) is 21.0. The first-order valence-corrected chi connectivity index (χ1v) is 6.03. The van der Waals surface area contributed by atoms with Crippen LogP contribution >= 0.6 is 0 Å². The van der Waals surface area contributed by atoms with E-state index >= 15 is 0 Å². The summed E-state index contributed by atoms with van der Waals surface area (Å²) in [6.07, 6.45) is -0.568. The molecule has 0 aromatic heterocycles. The second-order valence-corrected chi connectivity index (χ2v) is 4.03. The van der Waals surface area contributed by atoms with Crippen molar-refractivity contribution < 1.29 is 15.0 Å². The third-order valence-electron chi connectivity index (χ3n) is 2.66. The predicted molar refractivity (Wildman–Crippen MR) is 70.4 cm³/mol. The van der Waals surface area contributed by atoms with Crippen molar-refractivity contribution in [3.63, 3.8) is 0 Å². The van der Waals surface area contributed by atoms with Crippen LogP contribution < -0.4 is 5.32 Å². The molecule has 3 N–H and O–H groups in total. The number of carbonyl (C=O) groups is 1. The SMILES string of the molecule is CCN(CCO)C(=O)Nc1cccc(C(C)O)c1. The molecule has 0 saturated carbocycles. The van der Waals surface area contributed by atoms with Crippen LogP contribution in [0.1, 0.15) is 25.5 Å². The summed E-state index contributed by atoms with van der Waals surface area (Å²) in [5.74, 6) is 0. The van der Waals surface area contributed by atoms with Gasteiger partial charge >= 0.3 is 6.03 Å². The summed E-state index contributed by atoms with van der Waals surface area (Å²) in [6, 6.07) is 6.81. The molecule has 1 rings (SSSR count). The molecule has 1 unspecified atom stereocenters. The van der Waals surface area contributed by atoms with Crippen LogP contribution in [0, 0.1) is 0 Å². The van der Waals surface area contributed by atoms with E-state index in [9.17, 15) is 9.90 Å². The summed E-state index contributed by atoms with van der Waals surface area (Å²) in [7, 11) is 0. The first-order chi connectivity index (χ1) is 8.58. The fourth-order valence-corrected chi connectivity index (χ4v) is 1.60. The van der Waals surface area contributed by atoms with Gasteiger partial charge in [-0.15, -0.1) is 0 Å². The summed E-state index contributed by atoms with van der Waals surface area (Å²) in [5.41, 5.74) is 1.38. The fourth-order valence-electron chi connectivity index (χ4n) is 1.60. The Hall–Kier alpha value is -1.59. The number of nitrogens with zero attached hydrogens (tertiary/aromatic N) is 1. The Labute approximate surface area is 107 Å². The van der Waals surface area contributed by atoms with Gasteiger partial charge in [-0.1, -0.05) is 12.1 Å². The zero-order valence-corrected chi connectivity index (χ0v) is 10.8. The van der Waals surface area contributed by atoms with Crippen LogP contribution in [0.15, 0.2) is 24.3 Å². The number of anilines is 1.